The topological polar surface area (TPSA) is 291 Å². The van der Waals surface area contributed by atoms with Gasteiger partial charge in [-0.1, -0.05) is 16.8 Å². The maximum absolute atomic E-state index is 13.3. The molecule has 1 saturated carbocycles. The number of phenols is 2. The van der Waals surface area contributed by atoms with E-state index in [0.717, 1.165) is 22.3 Å². The van der Waals surface area contributed by atoms with Gasteiger partial charge >= 0.3 is 24.1 Å². The number of fused-ring (bicyclic) bond motifs is 1. The lowest BCUT2D eigenvalue weighted by Gasteiger charge is -2.49. The lowest BCUT2D eigenvalue weighted by molar-refractivity contribution is -0.192. The van der Waals surface area contributed by atoms with Crippen LogP contribution in [0.1, 0.15) is 35.3 Å². The van der Waals surface area contributed by atoms with Gasteiger partial charge in [-0.2, -0.15) is 24.9 Å². The minimum atomic E-state index is -5.08. The summed E-state index contributed by atoms with van der Waals surface area (Å²) in [5.74, 6) is -7.61. The first-order valence-corrected chi connectivity index (χ1v) is 18.5. The molecule has 18 nitrogen and oxygen atoms in total. The number of nitrogens with two attached hydrogens (primary N) is 1. The van der Waals surface area contributed by atoms with Crippen LogP contribution in [0.15, 0.2) is 33.9 Å². The zero-order chi connectivity index (χ0) is 40.1. The summed E-state index contributed by atoms with van der Waals surface area (Å²) >= 11 is 9.52. The van der Waals surface area contributed by atoms with E-state index in [1.165, 1.54) is 35.0 Å². The van der Waals surface area contributed by atoms with E-state index in [4.69, 9.17) is 32.1 Å². The van der Waals surface area contributed by atoms with Crippen LogP contribution in [0.25, 0.3) is 0 Å². The summed E-state index contributed by atoms with van der Waals surface area (Å²) in [6, 6.07) is 1.30. The number of thiazole rings is 1. The molecule has 1 aromatic heterocycles. The molecule has 2 aliphatic heterocycles. The number of anilines is 1. The second kappa shape index (κ2) is 17.0. The van der Waals surface area contributed by atoms with E-state index >= 15 is 0 Å². The average Bonchev–Trinajstić information content (AvgIpc) is 3.51. The van der Waals surface area contributed by atoms with E-state index in [-0.39, 0.29) is 63.7 Å². The van der Waals surface area contributed by atoms with Crippen molar-refractivity contribution < 1.29 is 72.3 Å². The van der Waals surface area contributed by atoms with E-state index in [9.17, 15) is 57.6 Å². The Hall–Kier alpha value is -4.94. The zero-order valence-corrected chi connectivity index (χ0v) is 30.3. The number of carbonyl (C=O) groups is 6. The number of nitrogens with one attached hydrogen (secondary N) is 2. The van der Waals surface area contributed by atoms with E-state index in [2.05, 4.69) is 20.8 Å². The number of carbonyl (C=O) groups excluding carboxylic acids is 3. The third-order valence-corrected chi connectivity index (χ3v) is 11.2. The highest BCUT2D eigenvalue weighted by molar-refractivity contribution is 8.01. The normalized spacial score (nSPS) is 18.9. The molecule has 1 saturated heterocycles. The number of hydrogen-bond acceptors (Lipinski definition) is 15. The molecule has 3 amide bonds. The summed E-state index contributed by atoms with van der Waals surface area (Å²) in [5, 5.41) is 55.4. The van der Waals surface area contributed by atoms with Gasteiger partial charge in [-0.05, 0) is 24.1 Å². The van der Waals surface area contributed by atoms with Crippen molar-refractivity contribution in [3.05, 3.63) is 45.1 Å². The fraction of sp³-hybridized carbons (Fsp3) is 0.379. The van der Waals surface area contributed by atoms with Gasteiger partial charge in [0.2, 0.25) is 5.60 Å². The zero-order valence-electron chi connectivity index (χ0n) is 27.1. The van der Waals surface area contributed by atoms with Crippen LogP contribution in [0, 0.1) is 0 Å². The molecule has 3 heterocycles. The number of hydrogen-bond donors (Lipinski definition) is 8. The number of nitrogen functional groups attached to an aromatic ring is 1. The lowest BCUT2D eigenvalue weighted by Crippen LogP contribution is -2.71. The molecule has 2 atom stereocenters. The number of thioether (sulfide) groups is 2. The van der Waals surface area contributed by atoms with E-state index in [1.807, 2.05) is 0 Å². The summed E-state index contributed by atoms with van der Waals surface area (Å²) in [7, 11) is 0. The fourth-order valence-corrected chi connectivity index (χ4v) is 7.98. The van der Waals surface area contributed by atoms with Crippen molar-refractivity contribution in [2.75, 3.05) is 29.5 Å². The molecule has 1 aromatic carbocycles. The first kappa shape index (κ1) is 41.8. The molecule has 2 aromatic rings. The molecule has 2 fully saturated rings. The molecule has 3 aliphatic rings. The van der Waals surface area contributed by atoms with Gasteiger partial charge in [0.1, 0.15) is 22.8 Å². The van der Waals surface area contributed by atoms with Crippen LogP contribution in [0.4, 0.5) is 18.3 Å². The van der Waals surface area contributed by atoms with Crippen LogP contribution in [0.3, 0.4) is 0 Å². The highest BCUT2D eigenvalue weighted by Gasteiger charge is 2.54. The Kier molecular flexibility index (Phi) is 13.2. The van der Waals surface area contributed by atoms with Gasteiger partial charge in [0.25, 0.3) is 17.7 Å². The van der Waals surface area contributed by atoms with Crippen LogP contribution >= 0.6 is 46.5 Å². The summed E-state index contributed by atoms with van der Waals surface area (Å²) in [5.41, 5.74) is 4.05. The number of aliphatic carboxylic acids is 3. The molecule has 9 N–H and O–H groups in total. The van der Waals surface area contributed by atoms with E-state index in [1.54, 1.807) is 0 Å². The molecular formula is C29H28ClF3N6O12S3. The quantitative estimate of drug-likeness (QED) is 0.0471. The number of halogens is 4. The number of aromatic nitrogens is 1. The van der Waals surface area contributed by atoms with E-state index < -0.39 is 70.3 Å². The number of rotatable bonds is 13. The van der Waals surface area contributed by atoms with Crippen molar-refractivity contribution in [2.45, 2.75) is 42.5 Å². The predicted molar refractivity (Wildman–Crippen MR) is 186 cm³/mol. The molecule has 0 unspecified atom stereocenters. The second-order valence-electron chi connectivity index (χ2n) is 11.3. The van der Waals surface area contributed by atoms with Crippen molar-refractivity contribution in [1.82, 2.24) is 20.5 Å². The number of alkyl halides is 3. The maximum atomic E-state index is 13.3. The number of carboxylic acids is 3. The Labute approximate surface area is 318 Å². The standard InChI is InChI=1S/C27H27ClN6O10S3.C2HF3O2/c28-15-12(2-3-14(35)19(15)36)20(37)30-6-7-45-8-11-9-46-23-17(22(39)34(23)18(11)24(40)41)32-21(38)16(13-10-47-26(29)31-13)33-44-27(25(42)43)4-1-5-27;3-2(4,5)1(6)7/h2-3,10,17,23,35-36H,1,4-9H2,(H2,29,31)(H,30,37)(H,32,38)(H,40,41)(H,42,43);(H,6,7)/b33-16-;/t17-,23-;/m1./s1. The predicted octanol–water partition coefficient (Wildman–Crippen LogP) is 2.05. The Morgan fingerprint density at radius 1 is 1.17 bits per heavy atom. The fourth-order valence-electron chi connectivity index (χ4n) is 4.84. The molecular weight excluding hydrogens is 813 g/mol. The number of phenolic OH excluding ortho intramolecular Hbond substituents is 2. The molecule has 0 spiro atoms. The number of carboxylic acid groups (broad SMARTS) is 3. The Bertz CT molecular complexity index is 1920. The Morgan fingerprint density at radius 2 is 1.83 bits per heavy atom. The molecule has 5 rings (SSSR count). The van der Waals surface area contributed by atoms with Crippen molar-refractivity contribution in [1.29, 1.82) is 0 Å². The molecule has 292 valence electrons. The number of oxime groups is 1. The van der Waals surface area contributed by atoms with Crippen molar-refractivity contribution >= 4 is 92.9 Å². The Morgan fingerprint density at radius 3 is 2.37 bits per heavy atom. The minimum absolute atomic E-state index is 0.0238. The smallest absolute Gasteiger partial charge is 0.490 e. The number of β-lactam (4-membered cyclic amide) rings is 1. The van der Waals surface area contributed by atoms with Gasteiger partial charge in [-0.15, -0.1) is 23.1 Å². The van der Waals surface area contributed by atoms with Gasteiger partial charge in [0.05, 0.1) is 10.6 Å². The third-order valence-electron chi connectivity index (χ3n) is 7.77. The van der Waals surface area contributed by atoms with E-state index in [0.29, 0.717) is 17.7 Å². The van der Waals surface area contributed by atoms with Crippen molar-refractivity contribution in [3.63, 3.8) is 0 Å². The summed E-state index contributed by atoms with van der Waals surface area (Å²) in [6.45, 7) is 0.176. The van der Waals surface area contributed by atoms with Crippen molar-refractivity contribution in [3.8, 4) is 11.5 Å². The molecule has 25 heteroatoms. The second-order valence-corrected chi connectivity index (χ2v) is 14.8. The highest BCUT2D eigenvalue weighted by Crippen LogP contribution is 2.41. The molecule has 0 radical (unpaired) electrons. The number of aromatic hydroxyl groups is 2. The van der Waals surface area contributed by atoms with Gasteiger partial charge in [0, 0.05) is 42.0 Å². The molecule has 54 heavy (non-hydrogen) atoms. The summed E-state index contributed by atoms with van der Waals surface area (Å²) in [4.78, 5) is 82.2. The minimum Gasteiger partial charge on any atom is -0.504 e. The Balaban J connectivity index is 0.000000845. The maximum Gasteiger partial charge on any atom is 0.490 e. The molecule has 0 bridgehead atoms. The number of amides is 3. The number of benzene rings is 1. The van der Waals surface area contributed by atoms with Crippen LogP contribution in [0.5, 0.6) is 11.5 Å². The van der Waals surface area contributed by atoms with Crippen LogP contribution in [-0.2, 0) is 28.8 Å². The SMILES string of the molecule is Nc1nc(/C(=N/OC2(C(=O)O)CCC2)C(=O)N[C@@H]2C(=O)N3C(C(=O)O)=C(CSCCNC(=O)c4ccc(O)c(O)c4Cl)CS[C@H]23)cs1.O=C(O)C(F)(F)F. The van der Waals surface area contributed by atoms with Crippen LogP contribution in [-0.4, -0.2) is 124 Å². The largest absolute Gasteiger partial charge is 0.504 e. The lowest BCUT2D eigenvalue weighted by atomic mass is 9.80. The summed E-state index contributed by atoms with van der Waals surface area (Å²) < 4.78 is 31.7. The summed E-state index contributed by atoms with van der Waals surface area (Å²) in [6.07, 6.45) is -4.07. The molecule has 1 aliphatic carbocycles. The van der Waals surface area contributed by atoms with Gasteiger partial charge in [0.15, 0.2) is 22.3 Å². The highest BCUT2D eigenvalue weighted by atomic mass is 35.5. The van der Waals surface area contributed by atoms with Gasteiger partial charge in [-0.3, -0.25) is 19.3 Å². The average molecular weight is 841 g/mol. The van der Waals surface area contributed by atoms with Crippen molar-refractivity contribution in [2.24, 2.45) is 5.16 Å². The van der Waals surface area contributed by atoms with Crippen LogP contribution in [0.2, 0.25) is 5.02 Å². The third kappa shape index (κ3) is 9.22. The van der Waals surface area contributed by atoms with Gasteiger partial charge < -0.3 is 46.7 Å². The first-order valence-electron chi connectivity index (χ1n) is 15.1. The number of nitrogens with zero attached hydrogens (tertiary/aromatic N) is 3. The monoisotopic (exact) mass is 840 g/mol. The van der Waals surface area contributed by atoms with Crippen LogP contribution < -0.4 is 16.4 Å². The first-order chi connectivity index (χ1) is 25.3. The van der Waals surface area contributed by atoms with Gasteiger partial charge in [-0.25, -0.2) is 19.4 Å².